The normalized spacial score (nSPS) is 8.50. The molecule has 0 saturated heterocycles. The molecular formula is C10H6N4O2. The third-order valence-corrected chi connectivity index (χ3v) is 1.80. The van der Waals surface area contributed by atoms with Gasteiger partial charge in [-0.15, -0.1) is 0 Å². The molecule has 0 amide bonds. The standard InChI is InChI=1S/C10H6N4O2/c11-13-5-9(15)7-1-2-8(4-3-7)10(16)6-14-12/h1-6H. The lowest BCUT2D eigenvalue weighted by Gasteiger charge is -1.94. The van der Waals surface area contributed by atoms with Crippen LogP contribution in [-0.4, -0.2) is 33.6 Å². The average molecular weight is 214 g/mol. The number of nitrogens with zero attached hydrogens (tertiary/aromatic N) is 4. The largest absolute Gasteiger partial charge is 0.361 e. The van der Waals surface area contributed by atoms with Gasteiger partial charge < -0.3 is 11.1 Å². The van der Waals surface area contributed by atoms with Gasteiger partial charge in [-0.2, -0.15) is 9.58 Å². The van der Waals surface area contributed by atoms with Crippen molar-refractivity contribution in [2.24, 2.45) is 0 Å². The Morgan fingerprint density at radius 2 is 1.19 bits per heavy atom. The molecular weight excluding hydrogens is 208 g/mol. The van der Waals surface area contributed by atoms with Crippen LogP contribution < -0.4 is 0 Å². The summed E-state index contributed by atoms with van der Waals surface area (Å²) in [4.78, 5) is 27.6. The van der Waals surface area contributed by atoms with E-state index in [-0.39, 0.29) is 11.1 Å². The Morgan fingerprint density at radius 3 is 1.44 bits per heavy atom. The first kappa shape index (κ1) is 11.4. The zero-order valence-corrected chi connectivity index (χ0v) is 8.07. The van der Waals surface area contributed by atoms with E-state index in [2.05, 4.69) is 9.58 Å². The highest BCUT2D eigenvalue weighted by atomic mass is 16.1. The minimum Gasteiger partial charge on any atom is -0.361 e. The molecule has 16 heavy (non-hydrogen) atoms. The van der Waals surface area contributed by atoms with Crippen LogP contribution in [0.25, 0.3) is 11.1 Å². The smallest absolute Gasteiger partial charge is 0.328 e. The zero-order chi connectivity index (χ0) is 12.0. The van der Waals surface area contributed by atoms with Gasteiger partial charge in [-0.25, -0.2) is 0 Å². The molecule has 0 aliphatic rings. The van der Waals surface area contributed by atoms with Crippen LogP contribution in [0.15, 0.2) is 24.3 Å². The van der Waals surface area contributed by atoms with Gasteiger partial charge in [-0.3, -0.25) is 9.59 Å². The summed E-state index contributed by atoms with van der Waals surface area (Å²) in [6.45, 7) is 0. The summed E-state index contributed by atoms with van der Waals surface area (Å²) in [5, 5.41) is 0. The van der Waals surface area contributed by atoms with Crippen LogP contribution in [0.1, 0.15) is 20.7 Å². The van der Waals surface area contributed by atoms with Crippen molar-refractivity contribution in [3.05, 3.63) is 46.5 Å². The molecule has 0 atom stereocenters. The van der Waals surface area contributed by atoms with E-state index in [0.29, 0.717) is 0 Å². The second kappa shape index (κ2) is 5.26. The maximum absolute atomic E-state index is 11.2. The number of carbonyl (C=O) groups is 2. The van der Waals surface area contributed by atoms with Gasteiger partial charge in [0.25, 0.3) is 11.6 Å². The molecule has 0 aliphatic carbocycles. The lowest BCUT2D eigenvalue weighted by molar-refractivity contribution is 0.00210. The Balaban J connectivity index is 2.99. The molecule has 0 fully saturated rings. The van der Waals surface area contributed by atoms with E-state index in [1.165, 1.54) is 24.3 Å². The van der Waals surface area contributed by atoms with Gasteiger partial charge >= 0.3 is 12.4 Å². The van der Waals surface area contributed by atoms with Gasteiger partial charge in [0.15, 0.2) is 0 Å². The number of ketones is 2. The van der Waals surface area contributed by atoms with Crippen molar-refractivity contribution in [3.8, 4) is 0 Å². The van der Waals surface area contributed by atoms with Crippen molar-refractivity contribution in [1.82, 2.24) is 0 Å². The van der Waals surface area contributed by atoms with Crippen molar-refractivity contribution in [1.29, 1.82) is 0 Å². The minimum atomic E-state index is -0.475. The zero-order valence-electron chi connectivity index (χ0n) is 8.07. The van der Waals surface area contributed by atoms with Gasteiger partial charge in [0.1, 0.15) is 0 Å². The fraction of sp³-hybridized carbons (Fsp3) is 0. The second-order valence-electron chi connectivity index (χ2n) is 2.79. The molecule has 6 nitrogen and oxygen atoms in total. The number of rotatable bonds is 4. The van der Waals surface area contributed by atoms with Crippen LogP contribution in [0.5, 0.6) is 0 Å². The second-order valence-corrected chi connectivity index (χ2v) is 2.79. The van der Waals surface area contributed by atoms with E-state index in [4.69, 9.17) is 11.1 Å². The Labute approximate surface area is 90.4 Å². The van der Waals surface area contributed by atoms with E-state index in [1.54, 1.807) is 0 Å². The molecule has 0 spiro atoms. The Kier molecular flexibility index (Phi) is 3.75. The van der Waals surface area contributed by atoms with Crippen LogP contribution in [0.4, 0.5) is 0 Å². The lowest BCUT2D eigenvalue weighted by atomic mass is 10.1. The molecule has 1 rings (SSSR count). The van der Waals surface area contributed by atoms with Crippen LogP contribution in [0.3, 0.4) is 0 Å². The predicted octanol–water partition coefficient (Wildman–Crippen LogP) is 0.653. The van der Waals surface area contributed by atoms with E-state index in [1.807, 2.05) is 0 Å². The first-order valence-corrected chi connectivity index (χ1v) is 4.22. The van der Waals surface area contributed by atoms with E-state index < -0.39 is 11.6 Å². The number of carbonyl (C=O) groups excluding carboxylic acids is 2. The predicted molar refractivity (Wildman–Crippen MR) is 54.5 cm³/mol. The summed E-state index contributed by atoms with van der Waals surface area (Å²) in [6.07, 6.45) is 1.51. The van der Waals surface area contributed by atoms with E-state index in [9.17, 15) is 9.59 Å². The number of hydrogen-bond acceptors (Lipinski definition) is 2. The first-order valence-electron chi connectivity index (χ1n) is 4.22. The van der Waals surface area contributed by atoms with Crippen LogP contribution in [0, 0.1) is 0 Å². The van der Waals surface area contributed by atoms with E-state index in [0.717, 1.165) is 12.4 Å². The molecule has 1 aromatic carbocycles. The Bertz CT molecular complexity index is 471. The lowest BCUT2D eigenvalue weighted by Crippen LogP contribution is -2.04. The summed E-state index contributed by atoms with van der Waals surface area (Å²) in [5.74, 6) is -0.949. The topological polar surface area (TPSA) is 107 Å². The molecule has 0 bridgehead atoms. The van der Waals surface area contributed by atoms with E-state index >= 15 is 0 Å². The molecule has 0 radical (unpaired) electrons. The maximum atomic E-state index is 11.2. The Hall–Kier alpha value is -2.68. The highest BCUT2D eigenvalue weighted by molar-refractivity contribution is 6.35. The molecule has 0 aromatic heterocycles. The number of benzene rings is 1. The fourth-order valence-electron chi connectivity index (χ4n) is 1.05. The summed E-state index contributed by atoms with van der Waals surface area (Å²) < 4.78 is 0. The highest BCUT2D eigenvalue weighted by Gasteiger charge is 2.10. The molecule has 0 N–H and O–H groups in total. The van der Waals surface area contributed by atoms with Crippen molar-refractivity contribution < 1.29 is 19.2 Å². The number of Topliss-reactive ketones (excluding diaryl/α,β-unsaturated/α-hetero) is 2. The van der Waals surface area contributed by atoms with Gasteiger partial charge in [0.05, 0.1) is 0 Å². The van der Waals surface area contributed by atoms with Crippen molar-refractivity contribution in [2.75, 3.05) is 0 Å². The molecule has 0 saturated carbocycles. The number of hydrogen-bond donors (Lipinski definition) is 0. The SMILES string of the molecule is [N-]=[N+]=CC(=O)c1ccc(C(=O)C=[N+]=[N-])cc1. The molecule has 0 aliphatic heterocycles. The summed E-state index contributed by atoms with van der Waals surface area (Å²) in [5.41, 5.74) is 16.9. The highest BCUT2D eigenvalue weighted by Crippen LogP contribution is 2.04. The average Bonchev–Trinajstić information content (AvgIpc) is 2.30. The van der Waals surface area contributed by atoms with Gasteiger partial charge in [0, 0.05) is 11.1 Å². The summed E-state index contributed by atoms with van der Waals surface area (Å²) in [6, 6.07) is 5.62. The monoisotopic (exact) mass is 214 g/mol. The quantitative estimate of drug-likeness (QED) is 0.317. The van der Waals surface area contributed by atoms with Crippen LogP contribution >= 0.6 is 0 Å². The first-order chi connectivity index (χ1) is 7.69. The van der Waals surface area contributed by atoms with Crippen molar-refractivity contribution >= 4 is 24.0 Å². The Morgan fingerprint density at radius 1 is 0.875 bits per heavy atom. The van der Waals surface area contributed by atoms with Crippen LogP contribution in [-0.2, 0) is 0 Å². The third kappa shape index (κ3) is 2.65. The van der Waals surface area contributed by atoms with Gasteiger partial charge in [0.2, 0.25) is 0 Å². The summed E-state index contributed by atoms with van der Waals surface area (Å²) in [7, 11) is 0. The fourth-order valence-corrected chi connectivity index (χ4v) is 1.05. The van der Waals surface area contributed by atoms with Gasteiger partial charge in [-0.05, 0) is 0 Å². The minimum absolute atomic E-state index is 0.287. The molecule has 0 unspecified atom stereocenters. The molecule has 0 heterocycles. The third-order valence-electron chi connectivity index (χ3n) is 1.80. The van der Waals surface area contributed by atoms with Crippen molar-refractivity contribution in [2.45, 2.75) is 0 Å². The molecule has 78 valence electrons. The van der Waals surface area contributed by atoms with Gasteiger partial charge in [-0.1, -0.05) is 24.3 Å². The molecule has 6 heteroatoms. The summed E-state index contributed by atoms with van der Waals surface area (Å²) >= 11 is 0. The van der Waals surface area contributed by atoms with Crippen LogP contribution in [0.2, 0.25) is 0 Å². The molecule has 1 aromatic rings. The maximum Gasteiger partial charge on any atom is 0.328 e. The van der Waals surface area contributed by atoms with Crippen molar-refractivity contribution in [3.63, 3.8) is 0 Å².